The van der Waals surface area contributed by atoms with Crippen molar-refractivity contribution in [3.05, 3.63) is 42.0 Å². The number of hydrogen-bond acceptors (Lipinski definition) is 1. The lowest BCUT2D eigenvalue weighted by molar-refractivity contribution is 0.400. The van der Waals surface area contributed by atoms with Crippen LogP contribution < -0.4 is 5.32 Å². The van der Waals surface area contributed by atoms with Gasteiger partial charge in [-0.05, 0) is 56.6 Å². The van der Waals surface area contributed by atoms with Crippen molar-refractivity contribution >= 4 is 5.69 Å². The van der Waals surface area contributed by atoms with Crippen LogP contribution in [0.4, 0.5) is 5.69 Å². The lowest BCUT2D eigenvalue weighted by Crippen LogP contribution is -2.28. The van der Waals surface area contributed by atoms with Gasteiger partial charge in [-0.2, -0.15) is 0 Å². The molecule has 0 saturated heterocycles. The van der Waals surface area contributed by atoms with Gasteiger partial charge in [-0.15, -0.1) is 0 Å². The molecule has 2 bridgehead atoms. The summed E-state index contributed by atoms with van der Waals surface area (Å²) in [4.78, 5) is 0. The maximum atomic E-state index is 3.66. The monoisotopic (exact) mass is 227 g/mol. The Morgan fingerprint density at radius 3 is 2.47 bits per heavy atom. The topological polar surface area (TPSA) is 12.0 Å². The summed E-state index contributed by atoms with van der Waals surface area (Å²) in [6.07, 6.45) is 7.62. The Hall–Kier alpha value is -1.24. The fourth-order valence-corrected chi connectivity index (χ4v) is 3.42. The molecule has 1 fully saturated rings. The summed E-state index contributed by atoms with van der Waals surface area (Å²) in [5.74, 6) is 2.52. The van der Waals surface area contributed by atoms with Crippen molar-refractivity contribution in [2.24, 2.45) is 17.8 Å². The molecule has 0 aromatic heterocycles. The van der Waals surface area contributed by atoms with Gasteiger partial charge in [-0.1, -0.05) is 29.8 Å². The number of benzene rings is 1. The van der Waals surface area contributed by atoms with Crippen molar-refractivity contribution in [3.63, 3.8) is 0 Å². The normalized spacial score (nSPS) is 31.8. The van der Waals surface area contributed by atoms with Crippen LogP contribution in [0, 0.1) is 24.7 Å². The molecule has 1 aromatic rings. The highest BCUT2D eigenvalue weighted by atomic mass is 14.9. The van der Waals surface area contributed by atoms with Gasteiger partial charge in [0, 0.05) is 11.7 Å². The number of aryl methyl sites for hydroxylation is 1. The molecule has 1 saturated carbocycles. The summed E-state index contributed by atoms with van der Waals surface area (Å²) in [6, 6.07) is 9.31. The van der Waals surface area contributed by atoms with Crippen molar-refractivity contribution in [2.75, 3.05) is 5.32 Å². The predicted molar refractivity (Wildman–Crippen MR) is 73.1 cm³/mol. The van der Waals surface area contributed by atoms with Gasteiger partial charge in [-0.25, -0.2) is 0 Å². The number of rotatable bonds is 3. The van der Waals surface area contributed by atoms with E-state index in [1.54, 1.807) is 0 Å². The third kappa shape index (κ3) is 2.11. The van der Waals surface area contributed by atoms with Crippen LogP contribution in [0.25, 0.3) is 0 Å². The Balaban J connectivity index is 1.65. The van der Waals surface area contributed by atoms with Gasteiger partial charge < -0.3 is 5.32 Å². The first-order valence-electron chi connectivity index (χ1n) is 6.74. The van der Waals surface area contributed by atoms with Crippen LogP contribution >= 0.6 is 0 Å². The second-order valence-electron chi connectivity index (χ2n) is 5.74. The Kier molecular flexibility index (Phi) is 2.70. The maximum Gasteiger partial charge on any atom is 0.0342 e. The molecule has 2 aliphatic rings. The number of hydrogen-bond donors (Lipinski definition) is 1. The summed E-state index contributed by atoms with van der Waals surface area (Å²) in [5, 5.41) is 3.66. The standard InChI is InChI=1S/C16H21N/c1-11-3-7-15(8-4-11)17-12(2)16-10-13-5-6-14(16)9-13/h3-8,12-14,16-17H,9-10H2,1-2H3. The molecule has 0 spiro atoms. The molecular formula is C16H21N. The molecule has 1 heteroatoms. The predicted octanol–water partition coefficient (Wildman–Crippen LogP) is 4.01. The quantitative estimate of drug-likeness (QED) is 0.769. The van der Waals surface area contributed by atoms with Gasteiger partial charge in [0.15, 0.2) is 0 Å². The molecule has 4 atom stereocenters. The molecule has 17 heavy (non-hydrogen) atoms. The van der Waals surface area contributed by atoms with E-state index in [4.69, 9.17) is 0 Å². The highest BCUT2D eigenvalue weighted by Gasteiger charge is 2.38. The van der Waals surface area contributed by atoms with Gasteiger partial charge >= 0.3 is 0 Å². The van der Waals surface area contributed by atoms with Crippen LogP contribution in [0.5, 0.6) is 0 Å². The zero-order valence-corrected chi connectivity index (χ0v) is 10.7. The average Bonchev–Trinajstić information content (AvgIpc) is 2.94. The lowest BCUT2D eigenvalue weighted by Gasteiger charge is -2.27. The number of allylic oxidation sites excluding steroid dienone is 2. The Labute approximate surface area is 104 Å². The van der Waals surface area contributed by atoms with E-state index < -0.39 is 0 Å². The molecule has 0 radical (unpaired) electrons. The van der Waals surface area contributed by atoms with Crippen molar-refractivity contribution in [1.29, 1.82) is 0 Å². The molecule has 1 aromatic carbocycles. The minimum atomic E-state index is 0.581. The van der Waals surface area contributed by atoms with Crippen molar-refractivity contribution < 1.29 is 0 Å². The fourth-order valence-electron chi connectivity index (χ4n) is 3.42. The second kappa shape index (κ2) is 4.21. The van der Waals surface area contributed by atoms with E-state index in [2.05, 4.69) is 55.6 Å². The van der Waals surface area contributed by atoms with Crippen LogP contribution in [0.2, 0.25) is 0 Å². The van der Waals surface area contributed by atoms with E-state index >= 15 is 0 Å². The van der Waals surface area contributed by atoms with E-state index in [1.165, 1.54) is 24.1 Å². The smallest absolute Gasteiger partial charge is 0.0342 e. The summed E-state index contributed by atoms with van der Waals surface area (Å²) in [5.41, 5.74) is 2.58. The number of fused-ring (bicyclic) bond motifs is 2. The van der Waals surface area contributed by atoms with Crippen LogP contribution in [0.3, 0.4) is 0 Å². The summed E-state index contributed by atoms with van der Waals surface area (Å²) >= 11 is 0. The molecule has 3 rings (SSSR count). The molecule has 90 valence electrons. The first-order chi connectivity index (χ1) is 8.22. The SMILES string of the molecule is Cc1ccc(NC(C)C2CC3C=CC2C3)cc1. The molecule has 1 nitrogen and oxygen atoms in total. The van der Waals surface area contributed by atoms with E-state index in [-0.39, 0.29) is 0 Å². The van der Waals surface area contributed by atoms with Crippen molar-refractivity contribution in [2.45, 2.75) is 32.7 Å². The van der Waals surface area contributed by atoms with Crippen molar-refractivity contribution in [1.82, 2.24) is 0 Å². The van der Waals surface area contributed by atoms with Crippen molar-refractivity contribution in [3.8, 4) is 0 Å². The Morgan fingerprint density at radius 2 is 1.88 bits per heavy atom. The maximum absolute atomic E-state index is 3.66. The number of nitrogens with one attached hydrogen (secondary N) is 1. The molecule has 1 N–H and O–H groups in total. The third-order valence-corrected chi connectivity index (χ3v) is 4.42. The van der Waals surface area contributed by atoms with Crippen LogP contribution in [0.1, 0.15) is 25.3 Å². The summed E-state index contributed by atoms with van der Waals surface area (Å²) in [7, 11) is 0. The van der Waals surface area contributed by atoms with Gasteiger partial charge in [0.25, 0.3) is 0 Å². The molecular weight excluding hydrogens is 206 g/mol. The third-order valence-electron chi connectivity index (χ3n) is 4.42. The molecule has 0 aliphatic heterocycles. The zero-order valence-electron chi connectivity index (χ0n) is 10.7. The average molecular weight is 227 g/mol. The highest BCUT2D eigenvalue weighted by molar-refractivity contribution is 5.45. The largest absolute Gasteiger partial charge is 0.382 e. The van der Waals surface area contributed by atoms with Crippen LogP contribution in [-0.4, -0.2) is 6.04 Å². The number of anilines is 1. The molecule has 0 heterocycles. The van der Waals surface area contributed by atoms with Gasteiger partial charge in [0.1, 0.15) is 0 Å². The lowest BCUT2D eigenvalue weighted by atomic mass is 9.87. The molecule has 2 aliphatic carbocycles. The summed E-state index contributed by atoms with van der Waals surface area (Å²) < 4.78 is 0. The van der Waals surface area contributed by atoms with E-state index in [9.17, 15) is 0 Å². The molecule has 4 unspecified atom stereocenters. The van der Waals surface area contributed by atoms with Crippen LogP contribution in [0.15, 0.2) is 36.4 Å². The highest BCUT2D eigenvalue weighted by Crippen LogP contribution is 2.45. The second-order valence-corrected chi connectivity index (χ2v) is 5.74. The van der Waals surface area contributed by atoms with Gasteiger partial charge in [0.2, 0.25) is 0 Å². The van der Waals surface area contributed by atoms with E-state index in [0.29, 0.717) is 6.04 Å². The summed E-state index contributed by atoms with van der Waals surface area (Å²) in [6.45, 7) is 4.47. The van der Waals surface area contributed by atoms with Crippen LogP contribution in [-0.2, 0) is 0 Å². The van der Waals surface area contributed by atoms with Gasteiger partial charge in [0.05, 0.1) is 0 Å². The Bertz CT molecular complexity index is 418. The fraction of sp³-hybridized carbons (Fsp3) is 0.500. The molecule has 0 amide bonds. The van der Waals surface area contributed by atoms with E-state index in [1.807, 2.05) is 0 Å². The Morgan fingerprint density at radius 1 is 1.12 bits per heavy atom. The first-order valence-corrected chi connectivity index (χ1v) is 6.74. The van der Waals surface area contributed by atoms with E-state index in [0.717, 1.165) is 17.8 Å². The van der Waals surface area contributed by atoms with Gasteiger partial charge in [-0.3, -0.25) is 0 Å². The zero-order chi connectivity index (χ0) is 11.8. The first kappa shape index (κ1) is 10.9. The minimum absolute atomic E-state index is 0.581. The minimum Gasteiger partial charge on any atom is -0.382 e.